The zero-order chi connectivity index (χ0) is 22.3. The molecule has 0 N–H and O–H groups in total. The lowest BCUT2D eigenvalue weighted by atomic mass is 9.98. The van der Waals surface area contributed by atoms with Crippen LogP contribution >= 0.6 is 0 Å². The highest BCUT2D eigenvalue weighted by Crippen LogP contribution is 2.15. The zero-order valence-corrected chi connectivity index (χ0v) is 20.6. The van der Waals surface area contributed by atoms with Crippen LogP contribution in [0.2, 0.25) is 0 Å². The molecule has 0 aromatic heterocycles. The molecule has 0 aromatic carbocycles. The fraction of sp³-hybridized carbons (Fsp3) is 0.857. The molecule has 0 saturated heterocycles. The molecule has 2 heteroatoms. The molecule has 0 saturated carbocycles. The molecule has 0 aliphatic rings. The monoisotopic (exact) mass is 420 g/mol. The average molecular weight is 421 g/mol. The van der Waals surface area contributed by atoms with E-state index in [4.69, 9.17) is 0 Å². The van der Waals surface area contributed by atoms with E-state index in [0.717, 1.165) is 25.7 Å². The number of hydrogen-bond donors (Lipinski definition) is 0. The summed E-state index contributed by atoms with van der Waals surface area (Å²) >= 11 is 0. The van der Waals surface area contributed by atoms with Crippen LogP contribution in [0.4, 0.5) is 0 Å². The van der Waals surface area contributed by atoms with Crippen molar-refractivity contribution in [1.29, 1.82) is 0 Å². The van der Waals surface area contributed by atoms with Crippen LogP contribution in [0.5, 0.6) is 0 Å². The summed E-state index contributed by atoms with van der Waals surface area (Å²) in [4.78, 5) is 24.4. The molecule has 0 amide bonds. The van der Waals surface area contributed by atoms with Crippen LogP contribution in [0, 0.1) is 0 Å². The standard InChI is InChI=1S/C28H52O2/c1-4-6-8-10-12-14-16-18-20-22-24-27(29)26(3)28(30)25-23-21-19-17-15-13-11-9-7-5-2/h3-25H2,1-2H3. The van der Waals surface area contributed by atoms with Crippen molar-refractivity contribution in [2.45, 2.75) is 155 Å². The molecule has 176 valence electrons. The number of unbranched alkanes of at least 4 members (excludes halogenated alkanes) is 18. The maximum Gasteiger partial charge on any atom is 0.165 e. The summed E-state index contributed by atoms with van der Waals surface area (Å²) in [5.74, 6) is -0.0433. The summed E-state index contributed by atoms with van der Waals surface area (Å²) in [6, 6.07) is 0. The molecule has 0 atom stereocenters. The first-order valence-electron chi connectivity index (χ1n) is 13.4. The van der Waals surface area contributed by atoms with Crippen molar-refractivity contribution in [3.8, 4) is 0 Å². The second kappa shape index (κ2) is 22.8. The Morgan fingerprint density at radius 1 is 0.433 bits per heavy atom. The van der Waals surface area contributed by atoms with E-state index in [1.54, 1.807) is 0 Å². The highest BCUT2D eigenvalue weighted by Gasteiger charge is 2.14. The number of hydrogen-bond acceptors (Lipinski definition) is 2. The Balaban J connectivity index is 3.51. The first-order chi connectivity index (χ1) is 14.6. The molecule has 0 bridgehead atoms. The van der Waals surface area contributed by atoms with Crippen LogP contribution < -0.4 is 0 Å². The number of ketones is 2. The minimum Gasteiger partial charge on any atom is -0.294 e. The fourth-order valence-corrected chi connectivity index (χ4v) is 4.00. The predicted octanol–water partition coefficient (Wildman–Crippen LogP) is 9.30. The van der Waals surface area contributed by atoms with Crippen molar-refractivity contribution in [2.24, 2.45) is 0 Å². The third-order valence-corrected chi connectivity index (χ3v) is 6.19. The molecule has 0 aliphatic carbocycles. The van der Waals surface area contributed by atoms with Gasteiger partial charge in [0.15, 0.2) is 11.6 Å². The number of allylic oxidation sites excluding steroid dienone is 1. The summed E-state index contributed by atoms with van der Waals surface area (Å²) in [5.41, 5.74) is 0.252. The fourth-order valence-electron chi connectivity index (χ4n) is 4.00. The van der Waals surface area contributed by atoms with Crippen molar-refractivity contribution in [3.05, 3.63) is 12.2 Å². The van der Waals surface area contributed by atoms with Crippen molar-refractivity contribution in [2.75, 3.05) is 0 Å². The minimum absolute atomic E-state index is 0.0216. The zero-order valence-electron chi connectivity index (χ0n) is 20.6. The van der Waals surface area contributed by atoms with Crippen LogP contribution in [-0.2, 0) is 9.59 Å². The Kier molecular flexibility index (Phi) is 22.1. The van der Waals surface area contributed by atoms with Gasteiger partial charge >= 0.3 is 0 Å². The minimum atomic E-state index is -0.0216. The quantitative estimate of drug-likeness (QED) is 0.0674. The summed E-state index contributed by atoms with van der Waals surface area (Å²) in [5, 5.41) is 0. The normalized spacial score (nSPS) is 11.0. The average Bonchev–Trinajstić information content (AvgIpc) is 2.75. The van der Waals surface area contributed by atoms with Gasteiger partial charge in [-0.15, -0.1) is 0 Å². The molecule has 2 nitrogen and oxygen atoms in total. The van der Waals surface area contributed by atoms with Crippen molar-refractivity contribution < 1.29 is 9.59 Å². The van der Waals surface area contributed by atoms with Crippen LogP contribution in [0.15, 0.2) is 12.2 Å². The van der Waals surface area contributed by atoms with E-state index in [1.807, 2.05) is 0 Å². The van der Waals surface area contributed by atoms with E-state index >= 15 is 0 Å². The van der Waals surface area contributed by atoms with E-state index in [1.165, 1.54) is 103 Å². The summed E-state index contributed by atoms with van der Waals surface area (Å²) in [6.45, 7) is 8.29. The lowest BCUT2D eigenvalue weighted by Crippen LogP contribution is -2.11. The van der Waals surface area contributed by atoms with Crippen LogP contribution in [0.1, 0.15) is 155 Å². The summed E-state index contributed by atoms with van der Waals surface area (Å²) in [7, 11) is 0. The van der Waals surface area contributed by atoms with Gasteiger partial charge in [-0.3, -0.25) is 9.59 Å². The maximum absolute atomic E-state index is 12.2. The Morgan fingerprint density at radius 2 is 0.667 bits per heavy atom. The van der Waals surface area contributed by atoms with Gasteiger partial charge in [0.25, 0.3) is 0 Å². The highest BCUT2D eigenvalue weighted by molar-refractivity contribution is 6.19. The largest absolute Gasteiger partial charge is 0.294 e. The number of Topliss-reactive ketones (excluding diaryl/α,β-unsaturated/α-hetero) is 2. The van der Waals surface area contributed by atoms with Crippen molar-refractivity contribution in [1.82, 2.24) is 0 Å². The SMILES string of the molecule is C=C(C(=O)CCCCCCCCCCCC)C(=O)CCCCCCCCCCCC. The molecule has 30 heavy (non-hydrogen) atoms. The van der Waals surface area contributed by atoms with Gasteiger partial charge < -0.3 is 0 Å². The van der Waals surface area contributed by atoms with Crippen LogP contribution in [0.3, 0.4) is 0 Å². The Bertz CT molecular complexity index is 386. The summed E-state index contributed by atoms with van der Waals surface area (Å²) < 4.78 is 0. The molecule has 0 heterocycles. The van der Waals surface area contributed by atoms with Gasteiger partial charge in [-0.1, -0.05) is 136 Å². The van der Waals surface area contributed by atoms with Crippen LogP contribution in [0.25, 0.3) is 0 Å². The third kappa shape index (κ3) is 19.1. The molecule has 0 aromatic rings. The van der Waals surface area contributed by atoms with Gasteiger partial charge in [0.1, 0.15) is 0 Å². The molecule has 0 aliphatic heterocycles. The van der Waals surface area contributed by atoms with Crippen LogP contribution in [-0.4, -0.2) is 11.6 Å². The molecular weight excluding hydrogens is 368 g/mol. The van der Waals surface area contributed by atoms with Gasteiger partial charge in [0, 0.05) is 12.8 Å². The topological polar surface area (TPSA) is 34.1 Å². The van der Waals surface area contributed by atoms with E-state index in [-0.39, 0.29) is 17.1 Å². The first-order valence-corrected chi connectivity index (χ1v) is 13.4. The van der Waals surface area contributed by atoms with E-state index in [9.17, 15) is 9.59 Å². The Hall–Kier alpha value is -0.920. The summed E-state index contributed by atoms with van der Waals surface area (Å²) in [6.07, 6.45) is 26.1. The lowest BCUT2D eigenvalue weighted by molar-refractivity contribution is -0.121. The Labute approximate surface area is 188 Å². The molecular formula is C28H52O2. The van der Waals surface area contributed by atoms with Gasteiger partial charge in [0.05, 0.1) is 5.57 Å². The molecule has 0 unspecified atom stereocenters. The predicted molar refractivity (Wildman–Crippen MR) is 132 cm³/mol. The van der Waals surface area contributed by atoms with Gasteiger partial charge in [-0.25, -0.2) is 0 Å². The molecule has 0 rings (SSSR count). The van der Waals surface area contributed by atoms with Crippen molar-refractivity contribution >= 4 is 11.6 Å². The van der Waals surface area contributed by atoms with Gasteiger partial charge in [0.2, 0.25) is 0 Å². The van der Waals surface area contributed by atoms with E-state index in [0.29, 0.717) is 12.8 Å². The Morgan fingerprint density at radius 3 is 0.933 bits per heavy atom. The number of carbonyl (C=O) groups excluding carboxylic acids is 2. The van der Waals surface area contributed by atoms with E-state index < -0.39 is 0 Å². The first kappa shape index (κ1) is 29.1. The second-order valence-corrected chi connectivity index (χ2v) is 9.19. The number of carbonyl (C=O) groups is 2. The van der Waals surface area contributed by atoms with E-state index in [2.05, 4.69) is 20.4 Å². The van der Waals surface area contributed by atoms with Gasteiger partial charge in [-0.2, -0.15) is 0 Å². The lowest BCUT2D eigenvalue weighted by Gasteiger charge is -2.05. The van der Waals surface area contributed by atoms with Crippen molar-refractivity contribution in [3.63, 3.8) is 0 Å². The third-order valence-electron chi connectivity index (χ3n) is 6.19. The smallest absolute Gasteiger partial charge is 0.165 e. The number of rotatable bonds is 24. The van der Waals surface area contributed by atoms with Gasteiger partial charge in [-0.05, 0) is 12.8 Å². The highest BCUT2D eigenvalue weighted by atomic mass is 16.1. The second-order valence-electron chi connectivity index (χ2n) is 9.19. The molecule has 0 fully saturated rings. The molecule has 0 spiro atoms. The molecule has 0 radical (unpaired) electrons. The maximum atomic E-state index is 12.2.